The summed E-state index contributed by atoms with van der Waals surface area (Å²) in [6.45, 7) is 2.97. The zero-order chi connectivity index (χ0) is 17.6. The lowest BCUT2D eigenvalue weighted by Gasteiger charge is -2.36. The molecule has 6 heteroatoms. The fourth-order valence-electron chi connectivity index (χ4n) is 3.21. The number of aromatic nitrogens is 3. The van der Waals surface area contributed by atoms with Crippen molar-refractivity contribution < 1.29 is 9.53 Å². The van der Waals surface area contributed by atoms with E-state index in [1.807, 2.05) is 24.3 Å². The van der Waals surface area contributed by atoms with Gasteiger partial charge in [-0.1, -0.05) is 13.0 Å². The zero-order valence-corrected chi connectivity index (χ0v) is 14.8. The third-order valence-corrected chi connectivity index (χ3v) is 4.57. The highest BCUT2D eigenvalue weighted by atomic mass is 16.5. The zero-order valence-electron chi connectivity index (χ0n) is 14.8. The summed E-state index contributed by atoms with van der Waals surface area (Å²) >= 11 is 0. The Morgan fingerprint density at radius 1 is 1.32 bits per heavy atom. The van der Waals surface area contributed by atoms with Crippen LogP contribution in [-0.4, -0.2) is 40.6 Å². The summed E-state index contributed by atoms with van der Waals surface area (Å²) in [4.78, 5) is 27.8. The highest BCUT2D eigenvalue weighted by Crippen LogP contribution is 2.27. The van der Waals surface area contributed by atoms with E-state index < -0.39 is 0 Å². The van der Waals surface area contributed by atoms with E-state index in [0.29, 0.717) is 12.2 Å². The fourth-order valence-corrected chi connectivity index (χ4v) is 3.21. The molecule has 1 fully saturated rings. The predicted molar refractivity (Wildman–Crippen MR) is 96.3 cm³/mol. The molecule has 3 heterocycles. The van der Waals surface area contributed by atoms with Gasteiger partial charge < -0.3 is 9.64 Å². The smallest absolute Gasteiger partial charge is 0.307 e. The minimum atomic E-state index is -0.174. The molecule has 0 spiro atoms. The van der Waals surface area contributed by atoms with Crippen molar-refractivity contribution in [1.29, 1.82) is 0 Å². The molecule has 132 valence electrons. The van der Waals surface area contributed by atoms with Crippen LogP contribution in [0.5, 0.6) is 0 Å². The van der Waals surface area contributed by atoms with Gasteiger partial charge in [0.05, 0.1) is 13.5 Å². The number of ether oxygens (including phenoxy) is 1. The highest BCUT2D eigenvalue weighted by molar-refractivity contribution is 5.71. The van der Waals surface area contributed by atoms with E-state index in [0.717, 1.165) is 49.4 Å². The Hall–Kier alpha value is -2.50. The van der Waals surface area contributed by atoms with Crippen LogP contribution in [0, 0.1) is 0 Å². The number of nitrogens with zero attached hydrogens (tertiary/aromatic N) is 4. The number of methoxy groups -OCH3 is 1. The van der Waals surface area contributed by atoms with Gasteiger partial charge in [-0.25, -0.2) is 9.97 Å². The second-order valence-electron chi connectivity index (χ2n) is 6.23. The Morgan fingerprint density at radius 3 is 2.92 bits per heavy atom. The normalized spacial score (nSPS) is 17.4. The molecule has 0 bridgehead atoms. The molecule has 0 amide bonds. The maximum absolute atomic E-state index is 11.8. The quantitative estimate of drug-likeness (QED) is 0.779. The second-order valence-corrected chi connectivity index (χ2v) is 6.23. The number of carbonyl (C=O) groups excluding carboxylic acids is 1. The number of aryl methyl sites for hydroxylation is 1. The summed E-state index contributed by atoms with van der Waals surface area (Å²) < 4.78 is 4.87. The maximum atomic E-state index is 11.8. The third-order valence-electron chi connectivity index (χ3n) is 4.57. The first kappa shape index (κ1) is 17.3. The Kier molecular flexibility index (Phi) is 5.58. The van der Waals surface area contributed by atoms with E-state index >= 15 is 0 Å². The van der Waals surface area contributed by atoms with Crippen molar-refractivity contribution in [3.8, 4) is 11.5 Å². The summed E-state index contributed by atoms with van der Waals surface area (Å²) in [7, 11) is 1.44. The monoisotopic (exact) mass is 340 g/mol. The lowest BCUT2D eigenvalue weighted by atomic mass is 9.99. The molecular weight excluding hydrogens is 316 g/mol. The number of esters is 1. The van der Waals surface area contributed by atoms with E-state index in [-0.39, 0.29) is 12.0 Å². The minimum Gasteiger partial charge on any atom is -0.469 e. The van der Waals surface area contributed by atoms with Crippen LogP contribution in [0.15, 0.2) is 30.5 Å². The van der Waals surface area contributed by atoms with Crippen LogP contribution < -0.4 is 4.90 Å². The number of carbonyl (C=O) groups is 1. The van der Waals surface area contributed by atoms with Crippen LogP contribution in [0.3, 0.4) is 0 Å². The van der Waals surface area contributed by atoms with E-state index in [9.17, 15) is 4.79 Å². The topological polar surface area (TPSA) is 68.2 Å². The predicted octanol–water partition coefficient (Wildman–Crippen LogP) is 3.02. The van der Waals surface area contributed by atoms with Crippen LogP contribution in [-0.2, 0) is 16.0 Å². The Morgan fingerprint density at radius 2 is 2.20 bits per heavy atom. The summed E-state index contributed by atoms with van der Waals surface area (Å²) in [5.74, 6) is 1.34. The molecule has 1 aliphatic heterocycles. The maximum Gasteiger partial charge on any atom is 0.307 e. The van der Waals surface area contributed by atoms with Gasteiger partial charge in [0.15, 0.2) is 5.82 Å². The molecule has 1 atom stereocenters. The van der Waals surface area contributed by atoms with Gasteiger partial charge in [-0.2, -0.15) is 0 Å². The molecule has 1 aliphatic rings. The SMILES string of the molecule is CCc1cc(N2CCCC[C@@H]2CC(=O)OC)nc(-c2ccccn2)n1. The number of pyridine rings is 1. The van der Waals surface area contributed by atoms with Crippen molar-refractivity contribution in [3.63, 3.8) is 0 Å². The molecule has 25 heavy (non-hydrogen) atoms. The summed E-state index contributed by atoms with van der Waals surface area (Å²) in [5.41, 5.74) is 1.74. The first-order chi connectivity index (χ1) is 12.2. The average molecular weight is 340 g/mol. The highest BCUT2D eigenvalue weighted by Gasteiger charge is 2.27. The second kappa shape index (κ2) is 8.05. The lowest BCUT2D eigenvalue weighted by Crippen LogP contribution is -2.41. The number of hydrogen-bond acceptors (Lipinski definition) is 6. The fraction of sp³-hybridized carbons (Fsp3) is 0.474. The first-order valence-corrected chi connectivity index (χ1v) is 8.84. The van der Waals surface area contributed by atoms with Gasteiger partial charge >= 0.3 is 5.97 Å². The molecule has 3 rings (SSSR count). The summed E-state index contributed by atoms with van der Waals surface area (Å²) in [6.07, 6.45) is 6.15. The molecule has 1 saturated heterocycles. The third kappa shape index (κ3) is 4.13. The van der Waals surface area contributed by atoms with Gasteiger partial charge in [-0.3, -0.25) is 9.78 Å². The van der Waals surface area contributed by atoms with Crippen LogP contribution >= 0.6 is 0 Å². The molecule has 2 aromatic heterocycles. The largest absolute Gasteiger partial charge is 0.469 e. The first-order valence-electron chi connectivity index (χ1n) is 8.84. The van der Waals surface area contributed by atoms with Gasteiger partial charge in [0, 0.05) is 30.5 Å². The van der Waals surface area contributed by atoms with E-state index in [4.69, 9.17) is 9.72 Å². The van der Waals surface area contributed by atoms with Crippen LogP contribution in [0.1, 0.15) is 38.3 Å². The van der Waals surface area contributed by atoms with Crippen molar-refractivity contribution in [2.24, 2.45) is 0 Å². The van der Waals surface area contributed by atoms with Crippen molar-refractivity contribution >= 4 is 11.8 Å². The molecule has 0 N–H and O–H groups in total. The van der Waals surface area contributed by atoms with E-state index in [1.54, 1.807) is 6.20 Å². The van der Waals surface area contributed by atoms with Crippen molar-refractivity contribution in [3.05, 3.63) is 36.2 Å². The summed E-state index contributed by atoms with van der Waals surface area (Å²) in [5, 5.41) is 0. The molecule has 6 nitrogen and oxygen atoms in total. The van der Waals surface area contributed by atoms with Crippen molar-refractivity contribution in [2.45, 2.75) is 45.1 Å². The standard InChI is InChI=1S/C19H24N4O2/c1-3-14-12-17(22-19(21-14)16-9-4-6-10-20-16)23-11-7-5-8-15(23)13-18(24)25-2/h4,6,9-10,12,15H,3,5,7-8,11,13H2,1-2H3/t15-/m1/s1. The number of piperidine rings is 1. The van der Waals surface area contributed by atoms with Gasteiger partial charge in [-0.15, -0.1) is 0 Å². The summed E-state index contributed by atoms with van der Waals surface area (Å²) in [6, 6.07) is 7.89. The van der Waals surface area contributed by atoms with Gasteiger partial charge in [0.1, 0.15) is 11.5 Å². The average Bonchev–Trinajstić information content (AvgIpc) is 2.68. The van der Waals surface area contributed by atoms with Crippen molar-refractivity contribution in [2.75, 3.05) is 18.6 Å². The molecule has 0 aliphatic carbocycles. The molecule has 0 unspecified atom stereocenters. The number of rotatable bonds is 5. The molecular formula is C19H24N4O2. The van der Waals surface area contributed by atoms with Crippen LogP contribution in [0.4, 0.5) is 5.82 Å². The minimum absolute atomic E-state index is 0.123. The molecule has 0 radical (unpaired) electrons. The van der Waals surface area contributed by atoms with Gasteiger partial charge in [0.2, 0.25) is 0 Å². The van der Waals surface area contributed by atoms with Crippen LogP contribution in [0.2, 0.25) is 0 Å². The lowest BCUT2D eigenvalue weighted by molar-refractivity contribution is -0.141. The van der Waals surface area contributed by atoms with E-state index in [2.05, 4.69) is 21.8 Å². The Bertz CT molecular complexity index is 721. The Labute approximate surface area is 148 Å². The Balaban J connectivity index is 1.95. The molecule has 2 aromatic rings. The molecule has 0 saturated carbocycles. The van der Waals surface area contributed by atoms with E-state index in [1.165, 1.54) is 7.11 Å². The molecule has 0 aromatic carbocycles. The van der Waals surface area contributed by atoms with Gasteiger partial charge in [-0.05, 0) is 37.8 Å². The van der Waals surface area contributed by atoms with Crippen LogP contribution in [0.25, 0.3) is 11.5 Å². The number of hydrogen-bond donors (Lipinski definition) is 0. The van der Waals surface area contributed by atoms with Crippen molar-refractivity contribution in [1.82, 2.24) is 15.0 Å². The van der Waals surface area contributed by atoms with Gasteiger partial charge in [0.25, 0.3) is 0 Å². The number of anilines is 1.